The Morgan fingerprint density at radius 2 is 1.95 bits per heavy atom. The summed E-state index contributed by atoms with van der Waals surface area (Å²) in [5, 5.41) is 20.9. The molecule has 2 fully saturated rings. The summed E-state index contributed by atoms with van der Waals surface area (Å²) in [7, 11) is 0. The number of aromatic hydroxyl groups is 1. The second-order valence-electron chi connectivity index (χ2n) is 7.91. The maximum atomic E-state index is 10.5. The van der Waals surface area contributed by atoms with Crippen LogP contribution in [-0.4, -0.2) is 16.3 Å². The van der Waals surface area contributed by atoms with Gasteiger partial charge in [-0.3, -0.25) is 0 Å². The molecule has 4 rings (SSSR count). The number of phenolic OH excluding ortho intramolecular Hbond substituents is 1. The first-order valence-corrected chi connectivity index (χ1v) is 8.51. The van der Waals surface area contributed by atoms with Crippen LogP contribution in [0.2, 0.25) is 0 Å². The molecule has 1 aromatic carbocycles. The molecule has 21 heavy (non-hydrogen) atoms. The van der Waals surface area contributed by atoms with Crippen molar-refractivity contribution >= 4 is 0 Å². The van der Waals surface area contributed by atoms with Crippen molar-refractivity contribution in [1.29, 1.82) is 0 Å². The number of hydrogen-bond donors (Lipinski definition) is 2. The molecule has 114 valence electrons. The molecular formula is C19H26O2. The highest BCUT2D eigenvalue weighted by Gasteiger charge is 2.54. The number of fused-ring (bicyclic) bond motifs is 5. The predicted octanol–water partition coefficient (Wildman–Crippen LogP) is 3.92. The molecule has 2 N–H and O–H groups in total. The summed E-state index contributed by atoms with van der Waals surface area (Å²) >= 11 is 0. The van der Waals surface area contributed by atoms with Gasteiger partial charge in [-0.2, -0.15) is 0 Å². The molecule has 2 nitrogen and oxygen atoms in total. The van der Waals surface area contributed by atoms with Gasteiger partial charge in [0.25, 0.3) is 0 Å². The minimum atomic E-state index is -0.114. The van der Waals surface area contributed by atoms with Crippen molar-refractivity contribution in [3.8, 4) is 5.75 Å². The Labute approximate surface area is 127 Å². The van der Waals surface area contributed by atoms with Crippen LogP contribution < -0.4 is 0 Å². The van der Waals surface area contributed by atoms with E-state index in [1.54, 1.807) is 0 Å². The van der Waals surface area contributed by atoms with E-state index >= 15 is 0 Å². The van der Waals surface area contributed by atoms with E-state index in [-0.39, 0.29) is 11.5 Å². The van der Waals surface area contributed by atoms with Crippen LogP contribution in [0.4, 0.5) is 0 Å². The second kappa shape index (κ2) is 4.49. The van der Waals surface area contributed by atoms with Crippen molar-refractivity contribution < 1.29 is 10.2 Å². The van der Waals surface area contributed by atoms with Crippen molar-refractivity contribution in [2.24, 2.45) is 17.3 Å². The van der Waals surface area contributed by atoms with Crippen molar-refractivity contribution in [3.63, 3.8) is 0 Å². The SMILES string of the molecule is Cc1cc(O)c2c(c1)CC[C@H]1[C@@H]2CC[C@]2(C)[C@@H](O)CC[C@@H]12. The van der Waals surface area contributed by atoms with Crippen LogP contribution in [0.15, 0.2) is 12.1 Å². The van der Waals surface area contributed by atoms with Crippen molar-refractivity contribution in [2.45, 2.75) is 64.4 Å². The molecule has 3 aliphatic rings. The number of hydrogen-bond acceptors (Lipinski definition) is 2. The summed E-state index contributed by atoms with van der Waals surface area (Å²) < 4.78 is 0. The lowest BCUT2D eigenvalue weighted by molar-refractivity contribution is -0.0229. The number of phenols is 1. The van der Waals surface area contributed by atoms with Crippen LogP contribution in [0, 0.1) is 24.2 Å². The zero-order valence-electron chi connectivity index (χ0n) is 13.1. The van der Waals surface area contributed by atoms with E-state index in [4.69, 9.17) is 0 Å². The van der Waals surface area contributed by atoms with Crippen LogP contribution in [0.3, 0.4) is 0 Å². The Morgan fingerprint density at radius 1 is 1.14 bits per heavy atom. The van der Waals surface area contributed by atoms with E-state index < -0.39 is 0 Å². The van der Waals surface area contributed by atoms with Crippen molar-refractivity contribution in [3.05, 3.63) is 28.8 Å². The molecule has 0 spiro atoms. The standard InChI is InChI=1S/C19H26O2/c1-11-9-12-3-4-13-14(18(12)16(20)10-11)7-8-19(2)15(13)5-6-17(19)21/h9-10,13-15,17,20-21H,3-8H2,1-2H3/t13-,14-,15-,17-,19-/m0/s1. The lowest BCUT2D eigenvalue weighted by Gasteiger charge is -2.50. The minimum Gasteiger partial charge on any atom is -0.508 e. The fourth-order valence-electron chi connectivity index (χ4n) is 5.83. The Bertz CT molecular complexity index is 579. The lowest BCUT2D eigenvalue weighted by atomic mass is 9.55. The molecule has 0 saturated heterocycles. The van der Waals surface area contributed by atoms with Gasteiger partial charge in [-0.15, -0.1) is 0 Å². The highest BCUT2D eigenvalue weighted by atomic mass is 16.3. The zero-order valence-corrected chi connectivity index (χ0v) is 13.1. The monoisotopic (exact) mass is 286 g/mol. The van der Waals surface area contributed by atoms with Gasteiger partial charge >= 0.3 is 0 Å². The van der Waals surface area contributed by atoms with Crippen molar-refractivity contribution in [1.82, 2.24) is 0 Å². The van der Waals surface area contributed by atoms with Gasteiger partial charge in [0.1, 0.15) is 5.75 Å². The molecule has 0 radical (unpaired) electrons. The predicted molar refractivity (Wildman–Crippen MR) is 83.5 cm³/mol. The topological polar surface area (TPSA) is 40.5 Å². The number of benzene rings is 1. The first-order valence-electron chi connectivity index (χ1n) is 8.51. The first-order chi connectivity index (χ1) is 10.0. The average molecular weight is 286 g/mol. The average Bonchev–Trinajstić information content (AvgIpc) is 2.74. The third kappa shape index (κ3) is 1.81. The maximum absolute atomic E-state index is 10.5. The van der Waals surface area contributed by atoms with Crippen LogP contribution in [-0.2, 0) is 6.42 Å². The molecule has 2 saturated carbocycles. The molecule has 1 aromatic rings. The maximum Gasteiger partial charge on any atom is 0.119 e. The zero-order chi connectivity index (χ0) is 14.8. The number of aliphatic hydroxyl groups is 1. The summed E-state index contributed by atoms with van der Waals surface area (Å²) in [4.78, 5) is 0. The minimum absolute atomic E-state index is 0.114. The third-order valence-corrected chi connectivity index (χ3v) is 6.89. The Morgan fingerprint density at radius 3 is 2.76 bits per heavy atom. The second-order valence-corrected chi connectivity index (χ2v) is 7.91. The van der Waals surface area contributed by atoms with E-state index in [1.165, 1.54) is 29.5 Å². The molecular weight excluding hydrogens is 260 g/mol. The van der Waals surface area contributed by atoms with E-state index in [1.807, 2.05) is 6.07 Å². The normalized spacial score (nSPS) is 41.3. The molecule has 3 aliphatic carbocycles. The third-order valence-electron chi connectivity index (χ3n) is 6.89. The fourth-order valence-corrected chi connectivity index (χ4v) is 5.83. The first kappa shape index (κ1) is 13.6. The summed E-state index contributed by atoms with van der Waals surface area (Å²) in [6, 6.07) is 4.20. The van der Waals surface area contributed by atoms with Gasteiger partial charge in [0, 0.05) is 5.56 Å². The Hall–Kier alpha value is -1.02. The number of aliphatic hydroxyl groups excluding tert-OH is 1. The van der Waals surface area contributed by atoms with Crippen molar-refractivity contribution in [2.75, 3.05) is 0 Å². The number of rotatable bonds is 0. The molecule has 0 unspecified atom stereocenters. The summed E-state index contributed by atoms with van der Waals surface area (Å²) in [6.07, 6.45) is 6.57. The molecule has 2 heteroatoms. The van der Waals surface area contributed by atoms with Gasteiger partial charge in [0.05, 0.1) is 6.10 Å². The van der Waals surface area contributed by atoms with Gasteiger partial charge in [0.15, 0.2) is 0 Å². The molecule has 0 aromatic heterocycles. The number of aryl methyl sites for hydroxylation is 2. The highest BCUT2D eigenvalue weighted by Crippen LogP contribution is 2.61. The quantitative estimate of drug-likeness (QED) is 0.759. The van der Waals surface area contributed by atoms with Crippen LogP contribution >= 0.6 is 0 Å². The van der Waals surface area contributed by atoms with Crippen LogP contribution in [0.1, 0.15) is 61.6 Å². The van der Waals surface area contributed by atoms with Gasteiger partial charge in [0.2, 0.25) is 0 Å². The summed E-state index contributed by atoms with van der Waals surface area (Å²) in [6.45, 7) is 4.37. The highest BCUT2D eigenvalue weighted by molar-refractivity contribution is 5.47. The lowest BCUT2D eigenvalue weighted by Crippen LogP contribution is -2.43. The molecule has 5 atom stereocenters. The van der Waals surface area contributed by atoms with Gasteiger partial charge in [-0.05, 0) is 85.8 Å². The van der Waals surface area contributed by atoms with Gasteiger partial charge in [-0.25, -0.2) is 0 Å². The van der Waals surface area contributed by atoms with E-state index in [2.05, 4.69) is 19.9 Å². The van der Waals surface area contributed by atoms with Gasteiger partial charge in [-0.1, -0.05) is 13.0 Å². The summed E-state index contributed by atoms with van der Waals surface area (Å²) in [5.41, 5.74) is 3.90. The largest absolute Gasteiger partial charge is 0.508 e. The fraction of sp³-hybridized carbons (Fsp3) is 0.684. The Kier molecular flexibility index (Phi) is 2.91. The molecule has 0 heterocycles. The van der Waals surface area contributed by atoms with E-state index in [0.29, 0.717) is 23.5 Å². The van der Waals surface area contributed by atoms with Crippen LogP contribution in [0.5, 0.6) is 5.75 Å². The van der Waals surface area contributed by atoms with Gasteiger partial charge < -0.3 is 10.2 Å². The van der Waals surface area contributed by atoms with E-state index in [0.717, 1.165) is 25.7 Å². The smallest absolute Gasteiger partial charge is 0.119 e. The molecule has 0 bridgehead atoms. The molecule has 0 aliphatic heterocycles. The van der Waals surface area contributed by atoms with E-state index in [9.17, 15) is 10.2 Å². The van der Waals surface area contributed by atoms with Crippen LogP contribution in [0.25, 0.3) is 0 Å². The summed E-state index contributed by atoms with van der Waals surface area (Å²) in [5.74, 6) is 2.32. The Balaban J connectivity index is 1.75. The molecule has 0 amide bonds.